The zero-order chi connectivity index (χ0) is 8.97. The summed E-state index contributed by atoms with van der Waals surface area (Å²) in [6.45, 7) is 0.361. The summed E-state index contributed by atoms with van der Waals surface area (Å²) in [6, 6.07) is 0. The second-order valence-corrected chi connectivity index (χ2v) is 2.80. The Morgan fingerprint density at radius 3 is 2.75 bits per heavy atom. The molecule has 0 aliphatic heterocycles. The third-order valence-electron chi connectivity index (χ3n) is 1.13. The van der Waals surface area contributed by atoms with Gasteiger partial charge in [-0.05, 0) is 6.26 Å². The van der Waals surface area contributed by atoms with Crippen molar-refractivity contribution < 1.29 is 4.74 Å². The smallest absolute Gasteiger partial charge is 0.224 e. The molecule has 0 amide bonds. The van der Waals surface area contributed by atoms with Gasteiger partial charge in [0.25, 0.3) is 0 Å². The number of hydrogen-bond acceptors (Lipinski definition) is 6. The minimum atomic E-state index is 0.237. The fraction of sp³-hybridized carbons (Fsp3) is 0.500. The van der Waals surface area contributed by atoms with Crippen LogP contribution in [0.15, 0.2) is 5.16 Å². The topological polar surface area (TPSA) is 73.9 Å². The first-order valence-corrected chi connectivity index (χ1v) is 4.52. The first-order valence-electron chi connectivity index (χ1n) is 3.29. The molecule has 0 saturated carbocycles. The highest BCUT2D eigenvalue weighted by atomic mass is 32.2. The van der Waals surface area contributed by atoms with Gasteiger partial charge in [0.05, 0.1) is 0 Å². The van der Waals surface area contributed by atoms with Crippen molar-refractivity contribution in [3.8, 4) is 0 Å². The first-order chi connectivity index (χ1) is 5.76. The summed E-state index contributed by atoms with van der Waals surface area (Å²) in [5.41, 5.74) is 5.43. The van der Waals surface area contributed by atoms with Crippen LogP contribution in [0.5, 0.6) is 0 Å². The molecule has 1 heterocycles. The number of methoxy groups -OCH3 is 1. The summed E-state index contributed by atoms with van der Waals surface area (Å²) in [5, 5.41) is 0.620. The van der Waals surface area contributed by atoms with Gasteiger partial charge in [0, 0.05) is 7.11 Å². The predicted octanol–water partition coefficient (Wildman–Crippen LogP) is 0.322. The molecule has 0 radical (unpaired) electrons. The van der Waals surface area contributed by atoms with Crippen molar-refractivity contribution in [2.75, 3.05) is 19.1 Å². The van der Waals surface area contributed by atoms with Gasteiger partial charge in [-0.1, -0.05) is 11.8 Å². The van der Waals surface area contributed by atoms with Crippen LogP contribution in [-0.2, 0) is 11.3 Å². The molecule has 66 valence electrons. The normalized spacial score (nSPS) is 10.2. The van der Waals surface area contributed by atoms with E-state index in [9.17, 15) is 0 Å². The number of hydrogen-bond donors (Lipinski definition) is 1. The molecule has 0 atom stereocenters. The summed E-state index contributed by atoms with van der Waals surface area (Å²) in [5.74, 6) is 0.802. The van der Waals surface area contributed by atoms with Gasteiger partial charge in [0.2, 0.25) is 5.95 Å². The van der Waals surface area contributed by atoms with E-state index in [-0.39, 0.29) is 5.95 Å². The highest BCUT2D eigenvalue weighted by molar-refractivity contribution is 7.98. The van der Waals surface area contributed by atoms with Crippen LogP contribution < -0.4 is 5.73 Å². The molecule has 12 heavy (non-hydrogen) atoms. The van der Waals surface area contributed by atoms with Gasteiger partial charge >= 0.3 is 0 Å². The van der Waals surface area contributed by atoms with E-state index in [4.69, 9.17) is 10.5 Å². The monoisotopic (exact) mass is 186 g/mol. The van der Waals surface area contributed by atoms with Crippen molar-refractivity contribution in [3.63, 3.8) is 0 Å². The number of nitrogen functional groups attached to an aromatic ring is 1. The number of anilines is 1. The van der Waals surface area contributed by atoms with E-state index in [1.165, 1.54) is 11.8 Å². The summed E-state index contributed by atoms with van der Waals surface area (Å²) >= 11 is 1.43. The van der Waals surface area contributed by atoms with Crippen LogP contribution in [-0.4, -0.2) is 28.3 Å². The molecule has 1 aromatic heterocycles. The molecule has 0 aliphatic rings. The molecule has 0 aliphatic carbocycles. The van der Waals surface area contributed by atoms with E-state index < -0.39 is 0 Å². The Hall–Kier alpha value is -0.880. The van der Waals surface area contributed by atoms with E-state index in [0.717, 1.165) is 0 Å². The standard InChI is InChI=1S/C6H10N4OS/c1-11-3-4-8-5(7)10-6(9-4)12-2/h3H2,1-2H3,(H2,7,8,9,10). The summed E-state index contributed by atoms with van der Waals surface area (Å²) in [4.78, 5) is 11.9. The molecule has 6 heteroatoms. The van der Waals surface area contributed by atoms with Gasteiger partial charge in [-0.25, -0.2) is 4.98 Å². The second kappa shape index (κ2) is 4.22. The fourth-order valence-electron chi connectivity index (χ4n) is 0.701. The number of aromatic nitrogens is 3. The molecular weight excluding hydrogens is 176 g/mol. The molecule has 0 bridgehead atoms. The van der Waals surface area contributed by atoms with Gasteiger partial charge in [-0.2, -0.15) is 9.97 Å². The predicted molar refractivity (Wildman–Crippen MR) is 46.7 cm³/mol. The minimum Gasteiger partial charge on any atom is -0.377 e. The average molecular weight is 186 g/mol. The SMILES string of the molecule is COCc1nc(N)nc(SC)n1. The molecule has 2 N–H and O–H groups in total. The van der Waals surface area contributed by atoms with Crippen LogP contribution in [0.4, 0.5) is 5.95 Å². The van der Waals surface area contributed by atoms with E-state index in [1.54, 1.807) is 7.11 Å². The molecule has 0 aromatic carbocycles. The molecule has 5 nitrogen and oxygen atoms in total. The van der Waals surface area contributed by atoms with Crippen LogP contribution in [0.2, 0.25) is 0 Å². The Bertz CT molecular complexity index is 268. The average Bonchev–Trinajstić information content (AvgIpc) is 2.04. The third-order valence-corrected chi connectivity index (χ3v) is 1.68. The van der Waals surface area contributed by atoms with Gasteiger partial charge < -0.3 is 10.5 Å². The summed E-state index contributed by atoms with van der Waals surface area (Å²) in [6.07, 6.45) is 1.88. The van der Waals surface area contributed by atoms with Crippen molar-refractivity contribution >= 4 is 17.7 Å². The van der Waals surface area contributed by atoms with Crippen molar-refractivity contribution in [1.82, 2.24) is 15.0 Å². The molecule has 0 saturated heterocycles. The zero-order valence-corrected chi connectivity index (χ0v) is 7.76. The van der Waals surface area contributed by atoms with Gasteiger partial charge in [0.15, 0.2) is 11.0 Å². The van der Waals surface area contributed by atoms with Crippen molar-refractivity contribution in [2.24, 2.45) is 0 Å². The molecule has 1 rings (SSSR count). The largest absolute Gasteiger partial charge is 0.377 e. The fourth-order valence-corrected chi connectivity index (χ4v) is 1.08. The minimum absolute atomic E-state index is 0.237. The quantitative estimate of drug-likeness (QED) is 0.685. The first kappa shape index (κ1) is 9.21. The molecule has 1 aromatic rings. The van der Waals surface area contributed by atoms with Gasteiger partial charge in [-0.3, -0.25) is 0 Å². The lowest BCUT2D eigenvalue weighted by Gasteiger charge is -2.00. The number of thioether (sulfide) groups is 1. The highest BCUT2D eigenvalue weighted by Crippen LogP contribution is 2.09. The zero-order valence-electron chi connectivity index (χ0n) is 6.94. The Labute approximate surface area is 74.8 Å². The highest BCUT2D eigenvalue weighted by Gasteiger charge is 2.01. The summed E-state index contributed by atoms with van der Waals surface area (Å²) in [7, 11) is 1.58. The Morgan fingerprint density at radius 1 is 1.42 bits per heavy atom. The van der Waals surface area contributed by atoms with Crippen LogP contribution in [0.1, 0.15) is 5.82 Å². The maximum absolute atomic E-state index is 5.43. The van der Waals surface area contributed by atoms with Gasteiger partial charge in [0.1, 0.15) is 6.61 Å². The van der Waals surface area contributed by atoms with Gasteiger partial charge in [-0.15, -0.1) is 0 Å². The molecule has 0 spiro atoms. The maximum Gasteiger partial charge on any atom is 0.224 e. The Kier molecular flexibility index (Phi) is 3.24. The Morgan fingerprint density at radius 2 is 2.17 bits per heavy atom. The maximum atomic E-state index is 5.43. The van der Waals surface area contributed by atoms with Crippen molar-refractivity contribution in [2.45, 2.75) is 11.8 Å². The van der Waals surface area contributed by atoms with Crippen LogP contribution >= 0.6 is 11.8 Å². The van der Waals surface area contributed by atoms with Crippen LogP contribution in [0.25, 0.3) is 0 Å². The van der Waals surface area contributed by atoms with E-state index in [0.29, 0.717) is 17.6 Å². The van der Waals surface area contributed by atoms with E-state index in [2.05, 4.69) is 15.0 Å². The van der Waals surface area contributed by atoms with E-state index >= 15 is 0 Å². The van der Waals surface area contributed by atoms with Crippen molar-refractivity contribution in [3.05, 3.63) is 5.82 Å². The second-order valence-electron chi connectivity index (χ2n) is 2.03. The lowest BCUT2D eigenvalue weighted by Crippen LogP contribution is -2.04. The molecule has 0 unspecified atom stereocenters. The number of ether oxygens (including phenoxy) is 1. The van der Waals surface area contributed by atoms with Crippen molar-refractivity contribution in [1.29, 1.82) is 0 Å². The van der Waals surface area contributed by atoms with Crippen LogP contribution in [0.3, 0.4) is 0 Å². The number of nitrogens with two attached hydrogens (primary N) is 1. The third kappa shape index (κ3) is 2.31. The number of nitrogens with zero attached hydrogens (tertiary/aromatic N) is 3. The lowest BCUT2D eigenvalue weighted by atomic mass is 10.6. The Balaban J connectivity index is 2.90. The summed E-state index contributed by atoms with van der Waals surface area (Å²) < 4.78 is 4.86. The van der Waals surface area contributed by atoms with Crippen LogP contribution in [0, 0.1) is 0 Å². The number of rotatable bonds is 3. The lowest BCUT2D eigenvalue weighted by molar-refractivity contribution is 0.177. The molecular formula is C6H10N4OS. The molecule has 0 fully saturated rings. The van der Waals surface area contributed by atoms with E-state index in [1.807, 2.05) is 6.26 Å².